The smallest absolute Gasteiger partial charge is 0.271 e. The minimum absolute atomic E-state index is 0.0340. The Labute approximate surface area is 117 Å². The predicted molar refractivity (Wildman–Crippen MR) is 76.3 cm³/mol. The van der Waals surface area contributed by atoms with Crippen molar-refractivity contribution in [2.45, 2.75) is 32.1 Å². The average Bonchev–Trinajstić information content (AvgIpc) is 2.48. The quantitative estimate of drug-likeness (QED) is 0.652. The first kappa shape index (κ1) is 14.5. The molecule has 0 aliphatic heterocycles. The minimum atomic E-state index is -0.525. The van der Waals surface area contributed by atoms with E-state index in [9.17, 15) is 14.9 Å². The second-order valence-electron chi connectivity index (χ2n) is 5.31. The SMILES string of the molecule is NCC1(C(=O)Nc2cccc([N+](=O)[O-])c2)CCCCC1. The Hall–Kier alpha value is -1.95. The third-order valence-electron chi connectivity index (χ3n) is 4.00. The number of nitro benzene ring substituents is 1. The number of hydrogen-bond acceptors (Lipinski definition) is 4. The summed E-state index contributed by atoms with van der Waals surface area (Å²) in [5.41, 5.74) is 5.69. The molecule has 0 aromatic heterocycles. The molecular formula is C14H19N3O3. The molecule has 1 aliphatic rings. The second kappa shape index (κ2) is 6.00. The fourth-order valence-corrected chi connectivity index (χ4v) is 2.71. The number of amides is 1. The molecule has 1 amide bonds. The van der Waals surface area contributed by atoms with Crippen molar-refractivity contribution in [1.82, 2.24) is 0 Å². The van der Waals surface area contributed by atoms with E-state index in [1.54, 1.807) is 12.1 Å². The minimum Gasteiger partial charge on any atom is -0.329 e. The van der Waals surface area contributed by atoms with Crippen LogP contribution in [-0.4, -0.2) is 17.4 Å². The normalized spacial score (nSPS) is 17.4. The van der Waals surface area contributed by atoms with Crippen LogP contribution < -0.4 is 11.1 Å². The van der Waals surface area contributed by atoms with Crippen LogP contribution in [0.4, 0.5) is 11.4 Å². The molecule has 1 aromatic carbocycles. The van der Waals surface area contributed by atoms with Crippen molar-refractivity contribution in [1.29, 1.82) is 0 Å². The second-order valence-corrected chi connectivity index (χ2v) is 5.31. The molecule has 6 nitrogen and oxygen atoms in total. The van der Waals surface area contributed by atoms with E-state index in [0.29, 0.717) is 12.2 Å². The molecule has 6 heteroatoms. The summed E-state index contributed by atoms with van der Waals surface area (Å²) in [6.07, 6.45) is 4.69. The molecule has 0 radical (unpaired) electrons. The van der Waals surface area contributed by atoms with Gasteiger partial charge in [0.25, 0.3) is 5.69 Å². The van der Waals surface area contributed by atoms with E-state index in [0.717, 1.165) is 32.1 Å². The van der Waals surface area contributed by atoms with E-state index < -0.39 is 10.3 Å². The standard InChI is InChI=1S/C14H19N3O3/c15-10-14(7-2-1-3-8-14)13(18)16-11-5-4-6-12(9-11)17(19)20/h4-6,9H,1-3,7-8,10,15H2,(H,16,18). The lowest BCUT2D eigenvalue weighted by Gasteiger charge is -2.34. The lowest BCUT2D eigenvalue weighted by Crippen LogP contribution is -2.43. The van der Waals surface area contributed by atoms with Crippen molar-refractivity contribution < 1.29 is 9.72 Å². The van der Waals surface area contributed by atoms with E-state index in [4.69, 9.17) is 5.73 Å². The zero-order valence-electron chi connectivity index (χ0n) is 11.3. The molecule has 0 atom stereocenters. The van der Waals surface area contributed by atoms with Gasteiger partial charge in [-0.15, -0.1) is 0 Å². The van der Waals surface area contributed by atoms with Crippen LogP contribution >= 0.6 is 0 Å². The molecule has 0 heterocycles. The Kier molecular flexibility index (Phi) is 4.34. The van der Waals surface area contributed by atoms with E-state index in [2.05, 4.69) is 5.32 Å². The van der Waals surface area contributed by atoms with Crippen LogP contribution in [0, 0.1) is 15.5 Å². The fraction of sp³-hybridized carbons (Fsp3) is 0.500. The first-order valence-electron chi connectivity index (χ1n) is 6.83. The first-order chi connectivity index (χ1) is 9.57. The zero-order valence-corrected chi connectivity index (χ0v) is 11.3. The number of nitrogens with one attached hydrogen (secondary N) is 1. The molecule has 1 saturated carbocycles. The van der Waals surface area contributed by atoms with Crippen LogP contribution in [0.5, 0.6) is 0 Å². The van der Waals surface area contributed by atoms with Crippen molar-refractivity contribution in [2.24, 2.45) is 11.1 Å². The largest absolute Gasteiger partial charge is 0.329 e. The van der Waals surface area contributed by atoms with Gasteiger partial charge in [0.05, 0.1) is 10.3 Å². The lowest BCUT2D eigenvalue weighted by molar-refractivity contribution is -0.384. The number of carbonyl (C=O) groups excluding carboxylic acids is 1. The zero-order chi connectivity index (χ0) is 14.6. The van der Waals surface area contributed by atoms with E-state index >= 15 is 0 Å². The highest BCUT2D eigenvalue weighted by molar-refractivity contribution is 5.95. The number of carbonyl (C=O) groups is 1. The van der Waals surface area contributed by atoms with Gasteiger partial charge >= 0.3 is 0 Å². The van der Waals surface area contributed by atoms with Gasteiger partial charge in [-0.2, -0.15) is 0 Å². The van der Waals surface area contributed by atoms with Gasteiger partial charge in [0.2, 0.25) is 5.91 Å². The molecule has 108 valence electrons. The molecule has 0 saturated heterocycles. The van der Waals surface area contributed by atoms with E-state index in [1.165, 1.54) is 12.1 Å². The Balaban J connectivity index is 2.14. The molecule has 0 bridgehead atoms. The van der Waals surface area contributed by atoms with Gasteiger partial charge in [0.1, 0.15) is 0 Å². The molecule has 3 N–H and O–H groups in total. The molecule has 1 aliphatic carbocycles. The summed E-state index contributed by atoms with van der Waals surface area (Å²) >= 11 is 0. The van der Waals surface area contributed by atoms with Crippen LogP contribution in [0.15, 0.2) is 24.3 Å². The maximum Gasteiger partial charge on any atom is 0.271 e. The van der Waals surface area contributed by atoms with E-state index in [-0.39, 0.29) is 11.6 Å². The van der Waals surface area contributed by atoms with Gasteiger partial charge in [-0.1, -0.05) is 25.3 Å². The van der Waals surface area contributed by atoms with Crippen molar-refractivity contribution in [3.05, 3.63) is 34.4 Å². The summed E-state index contributed by atoms with van der Waals surface area (Å²) in [5, 5.41) is 13.5. The third-order valence-corrected chi connectivity index (χ3v) is 4.00. The number of nitro groups is 1. The number of anilines is 1. The monoisotopic (exact) mass is 277 g/mol. The number of hydrogen-bond donors (Lipinski definition) is 2. The first-order valence-corrected chi connectivity index (χ1v) is 6.83. The van der Waals surface area contributed by atoms with Crippen molar-refractivity contribution in [3.8, 4) is 0 Å². The predicted octanol–water partition coefficient (Wildman–Crippen LogP) is 2.44. The molecule has 20 heavy (non-hydrogen) atoms. The Morgan fingerprint density at radius 1 is 1.35 bits per heavy atom. The topological polar surface area (TPSA) is 98.3 Å². The summed E-state index contributed by atoms with van der Waals surface area (Å²) in [4.78, 5) is 22.7. The van der Waals surface area contributed by atoms with Gasteiger partial charge in [0.15, 0.2) is 0 Å². The summed E-state index contributed by atoms with van der Waals surface area (Å²) in [6, 6.07) is 5.97. The van der Waals surface area contributed by atoms with Crippen LogP contribution in [-0.2, 0) is 4.79 Å². The van der Waals surface area contributed by atoms with Crippen LogP contribution in [0.3, 0.4) is 0 Å². The van der Waals surface area contributed by atoms with Crippen LogP contribution in [0.25, 0.3) is 0 Å². The lowest BCUT2D eigenvalue weighted by atomic mass is 9.73. The molecule has 1 aromatic rings. The summed E-state index contributed by atoms with van der Waals surface area (Å²) in [5.74, 6) is -0.125. The Morgan fingerprint density at radius 3 is 2.65 bits per heavy atom. The van der Waals surface area contributed by atoms with Gasteiger partial charge < -0.3 is 11.1 Å². The maximum absolute atomic E-state index is 12.4. The third kappa shape index (κ3) is 2.96. The number of rotatable bonds is 4. The summed E-state index contributed by atoms with van der Waals surface area (Å²) < 4.78 is 0. The van der Waals surface area contributed by atoms with Gasteiger partial charge in [-0.05, 0) is 18.9 Å². The number of nitrogens with zero attached hydrogens (tertiary/aromatic N) is 1. The molecule has 2 rings (SSSR count). The number of benzene rings is 1. The fourth-order valence-electron chi connectivity index (χ4n) is 2.71. The van der Waals surface area contributed by atoms with Crippen molar-refractivity contribution in [2.75, 3.05) is 11.9 Å². The van der Waals surface area contributed by atoms with Gasteiger partial charge in [-0.25, -0.2) is 0 Å². The highest BCUT2D eigenvalue weighted by Gasteiger charge is 2.38. The summed E-state index contributed by atoms with van der Waals surface area (Å²) in [7, 11) is 0. The number of non-ortho nitro benzene ring substituents is 1. The van der Waals surface area contributed by atoms with Crippen LogP contribution in [0.1, 0.15) is 32.1 Å². The van der Waals surface area contributed by atoms with E-state index in [1.807, 2.05) is 0 Å². The van der Waals surface area contributed by atoms with Crippen LogP contribution in [0.2, 0.25) is 0 Å². The molecule has 0 unspecified atom stereocenters. The summed E-state index contributed by atoms with van der Waals surface area (Å²) in [6.45, 7) is 0.313. The van der Waals surface area contributed by atoms with Crippen molar-refractivity contribution >= 4 is 17.3 Å². The average molecular weight is 277 g/mol. The molecular weight excluding hydrogens is 258 g/mol. The van der Waals surface area contributed by atoms with Crippen molar-refractivity contribution in [3.63, 3.8) is 0 Å². The van der Waals surface area contributed by atoms with Gasteiger partial charge in [0, 0.05) is 24.4 Å². The highest BCUT2D eigenvalue weighted by Crippen LogP contribution is 2.36. The Bertz CT molecular complexity index is 510. The Morgan fingerprint density at radius 2 is 2.05 bits per heavy atom. The maximum atomic E-state index is 12.4. The molecule has 1 fully saturated rings. The molecule has 0 spiro atoms. The van der Waals surface area contributed by atoms with Gasteiger partial charge in [-0.3, -0.25) is 14.9 Å². The highest BCUT2D eigenvalue weighted by atomic mass is 16.6. The number of nitrogens with two attached hydrogens (primary N) is 1.